The minimum atomic E-state index is -0.355. The third kappa shape index (κ3) is 6.08. The summed E-state index contributed by atoms with van der Waals surface area (Å²) in [5, 5.41) is 11.6. The van der Waals surface area contributed by atoms with Crippen molar-refractivity contribution < 1.29 is 28.3 Å². The molecule has 6 rings (SSSR count). The van der Waals surface area contributed by atoms with Crippen molar-refractivity contribution in [3.05, 3.63) is 114 Å². The summed E-state index contributed by atoms with van der Waals surface area (Å²) < 4.78 is 22.3. The molecule has 0 saturated carbocycles. The number of pyridine rings is 2. The molecule has 0 aliphatic carbocycles. The van der Waals surface area contributed by atoms with Crippen LogP contribution >= 0.6 is 0 Å². The van der Waals surface area contributed by atoms with Gasteiger partial charge in [-0.15, -0.1) is 0 Å². The standard InChI is InChI=1S/C33H35BN2O4/c37-16-6-17-38-25-28-20-27(21-29(22-28)34-39-18-7-19-40-34)24-36-15-5-11-31-30-10-4-14-35(32(30)12-13-33(31)36)23-26-8-2-1-3-9-26/h1-5,8-15,20-22,37H,6-7,16-19,23-25H2/q+2. The maximum absolute atomic E-state index is 9.10. The smallest absolute Gasteiger partial charge is 0.407 e. The third-order valence-corrected chi connectivity index (χ3v) is 7.36. The van der Waals surface area contributed by atoms with E-state index in [0.717, 1.165) is 24.0 Å². The van der Waals surface area contributed by atoms with Crippen molar-refractivity contribution in [3.8, 4) is 0 Å². The van der Waals surface area contributed by atoms with Crippen molar-refractivity contribution in [2.45, 2.75) is 32.5 Å². The highest BCUT2D eigenvalue weighted by Crippen LogP contribution is 2.21. The Morgan fingerprint density at radius 2 is 1.38 bits per heavy atom. The lowest BCUT2D eigenvalue weighted by atomic mass is 9.76. The maximum atomic E-state index is 9.10. The molecule has 3 heterocycles. The van der Waals surface area contributed by atoms with Gasteiger partial charge in [0.2, 0.25) is 11.0 Å². The summed E-state index contributed by atoms with van der Waals surface area (Å²) in [6, 6.07) is 30.2. The highest BCUT2D eigenvalue weighted by molar-refractivity contribution is 6.61. The van der Waals surface area contributed by atoms with E-state index in [1.807, 2.05) is 0 Å². The Kier molecular flexibility index (Phi) is 8.45. The van der Waals surface area contributed by atoms with Crippen LogP contribution in [0, 0.1) is 0 Å². The first-order valence-electron chi connectivity index (χ1n) is 14.1. The molecule has 1 fully saturated rings. The van der Waals surface area contributed by atoms with E-state index in [2.05, 4.69) is 106 Å². The molecular weight excluding hydrogens is 499 g/mol. The van der Waals surface area contributed by atoms with Gasteiger partial charge in [0.05, 0.1) is 17.4 Å². The summed E-state index contributed by atoms with van der Waals surface area (Å²) in [7, 11) is -0.355. The molecule has 7 heteroatoms. The van der Waals surface area contributed by atoms with Crippen LogP contribution in [-0.2, 0) is 33.7 Å². The van der Waals surface area contributed by atoms with Crippen LogP contribution in [0.5, 0.6) is 0 Å². The molecule has 0 radical (unpaired) electrons. The Balaban J connectivity index is 1.33. The first kappa shape index (κ1) is 26.6. The van der Waals surface area contributed by atoms with Gasteiger partial charge in [-0.1, -0.05) is 42.5 Å². The Morgan fingerprint density at radius 1 is 0.725 bits per heavy atom. The van der Waals surface area contributed by atoms with Gasteiger partial charge >= 0.3 is 7.12 Å². The topological polar surface area (TPSA) is 55.7 Å². The largest absolute Gasteiger partial charge is 0.493 e. The monoisotopic (exact) mass is 534 g/mol. The van der Waals surface area contributed by atoms with Gasteiger partial charge in [-0.3, -0.25) is 0 Å². The number of benzene rings is 3. The number of aliphatic hydroxyl groups is 1. The van der Waals surface area contributed by atoms with Crippen LogP contribution in [0.1, 0.15) is 29.5 Å². The van der Waals surface area contributed by atoms with E-state index in [1.165, 1.54) is 32.9 Å². The molecule has 0 unspecified atom stereocenters. The minimum Gasteiger partial charge on any atom is -0.407 e. The number of hydrogen-bond acceptors (Lipinski definition) is 4. The number of aromatic nitrogens is 2. The van der Waals surface area contributed by atoms with E-state index >= 15 is 0 Å². The van der Waals surface area contributed by atoms with Crippen molar-refractivity contribution in [3.63, 3.8) is 0 Å². The van der Waals surface area contributed by atoms with Gasteiger partial charge in [0.15, 0.2) is 25.5 Å². The van der Waals surface area contributed by atoms with Gasteiger partial charge in [-0.05, 0) is 42.1 Å². The summed E-state index contributed by atoms with van der Waals surface area (Å²) in [6.45, 7) is 4.09. The molecule has 5 aromatic rings. The van der Waals surface area contributed by atoms with E-state index < -0.39 is 0 Å². The molecule has 0 atom stereocenters. The number of nitrogens with zero attached hydrogens (tertiary/aromatic N) is 2. The summed E-state index contributed by atoms with van der Waals surface area (Å²) in [5.41, 5.74) is 6.95. The lowest BCUT2D eigenvalue weighted by molar-refractivity contribution is -0.664. The minimum absolute atomic E-state index is 0.133. The SMILES string of the molecule is OCCCOCc1cc(C[n+]2cccc3c4ccc[n+](Cc5ccccc5)c4ccc32)cc(B2OCCCO2)c1. The molecule has 0 amide bonds. The van der Waals surface area contributed by atoms with E-state index in [4.69, 9.17) is 19.2 Å². The summed E-state index contributed by atoms with van der Waals surface area (Å²) in [6.07, 6.45) is 5.85. The van der Waals surface area contributed by atoms with Crippen LogP contribution in [-0.4, -0.2) is 38.7 Å². The molecule has 202 valence electrons. The molecule has 40 heavy (non-hydrogen) atoms. The van der Waals surface area contributed by atoms with Crippen molar-refractivity contribution in [2.75, 3.05) is 26.4 Å². The van der Waals surface area contributed by atoms with Gasteiger partial charge in [0.1, 0.15) is 0 Å². The van der Waals surface area contributed by atoms with Gasteiger partial charge in [0.25, 0.3) is 0 Å². The fraction of sp³-hybridized carbons (Fsp3) is 0.273. The second-order valence-corrected chi connectivity index (χ2v) is 10.3. The van der Waals surface area contributed by atoms with Gasteiger partial charge in [-0.2, -0.15) is 9.13 Å². The predicted octanol–water partition coefficient (Wildman–Crippen LogP) is 3.70. The third-order valence-electron chi connectivity index (χ3n) is 7.36. The zero-order valence-electron chi connectivity index (χ0n) is 22.7. The second-order valence-electron chi connectivity index (χ2n) is 10.3. The van der Waals surface area contributed by atoms with Gasteiger partial charge in [-0.25, -0.2) is 0 Å². The van der Waals surface area contributed by atoms with Crippen LogP contribution in [0.25, 0.3) is 21.8 Å². The van der Waals surface area contributed by atoms with Crippen molar-refractivity contribution in [2.24, 2.45) is 0 Å². The molecule has 6 nitrogen and oxygen atoms in total. The van der Waals surface area contributed by atoms with E-state index in [-0.39, 0.29) is 13.7 Å². The number of rotatable bonds is 10. The van der Waals surface area contributed by atoms with E-state index in [1.54, 1.807) is 0 Å². The lowest BCUT2D eigenvalue weighted by Crippen LogP contribution is -2.42. The van der Waals surface area contributed by atoms with Crippen molar-refractivity contribution in [1.82, 2.24) is 0 Å². The summed E-state index contributed by atoms with van der Waals surface area (Å²) in [5.74, 6) is 0. The zero-order valence-corrected chi connectivity index (χ0v) is 22.7. The highest BCUT2D eigenvalue weighted by atomic mass is 16.6. The zero-order chi connectivity index (χ0) is 27.1. The number of fused-ring (bicyclic) bond motifs is 3. The number of hydrogen-bond donors (Lipinski definition) is 1. The molecule has 3 aromatic carbocycles. The Bertz CT molecular complexity index is 1590. The van der Waals surface area contributed by atoms with Gasteiger partial charge in [0, 0.05) is 61.8 Å². The fourth-order valence-electron chi connectivity index (χ4n) is 5.50. The van der Waals surface area contributed by atoms with Crippen molar-refractivity contribution >= 4 is 34.4 Å². The first-order chi connectivity index (χ1) is 19.8. The summed E-state index contributed by atoms with van der Waals surface area (Å²) >= 11 is 0. The average molecular weight is 534 g/mol. The molecule has 1 aliphatic rings. The molecule has 1 aliphatic heterocycles. The predicted molar refractivity (Wildman–Crippen MR) is 156 cm³/mol. The maximum Gasteiger partial charge on any atom is 0.493 e. The molecule has 0 bridgehead atoms. The second kappa shape index (κ2) is 12.7. The van der Waals surface area contributed by atoms with Crippen LogP contribution in [0.15, 0.2) is 97.3 Å². The number of ether oxygens (including phenoxy) is 1. The van der Waals surface area contributed by atoms with Crippen LogP contribution < -0.4 is 14.6 Å². The molecule has 2 aromatic heterocycles. The Labute approximate surface area is 235 Å². The van der Waals surface area contributed by atoms with Gasteiger partial charge < -0.3 is 19.2 Å². The van der Waals surface area contributed by atoms with Crippen LogP contribution in [0.2, 0.25) is 0 Å². The molecule has 1 saturated heterocycles. The Morgan fingerprint density at radius 3 is 2.05 bits per heavy atom. The van der Waals surface area contributed by atoms with Crippen molar-refractivity contribution in [1.29, 1.82) is 0 Å². The fourth-order valence-corrected chi connectivity index (χ4v) is 5.50. The molecular formula is C33H35BN2O4+2. The Hall–Kier alpha value is -3.62. The highest BCUT2D eigenvalue weighted by Gasteiger charge is 2.26. The van der Waals surface area contributed by atoms with Crippen LogP contribution in [0.3, 0.4) is 0 Å². The van der Waals surface area contributed by atoms with E-state index in [0.29, 0.717) is 39.4 Å². The van der Waals surface area contributed by atoms with E-state index in [9.17, 15) is 0 Å². The van der Waals surface area contributed by atoms with Crippen LogP contribution in [0.4, 0.5) is 0 Å². The summed E-state index contributed by atoms with van der Waals surface area (Å²) in [4.78, 5) is 0. The molecule has 1 N–H and O–H groups in total. The quantitative estimate of drug-likeness (QED) is 0.129. The average Bonchev–Trinajstić information content (AvgIpc) is 3.00. The number of aliphatic hydroxyl groups excluding tert-OH is 1. The normalized spacial score (nSPS) is 13.8. The lowest BCUT2D eigenvalue weighted by Gasteiger charge is -2.21. The molecule has 0 spiro atoms. The first-order valence-corrected chi connectivity index (χ1v) is 14.1.